The Balaban J connectivity index is 3.14. The number of hydrogen-bond donors (Lipinski definition) is 2. The van der Waals surface area contributed by atoms with Gasteiger partial charge >= 0.3 is 11.9 Å². The molecule has 0 aliphatic carbocycles. The van der Waals surface area contributed by atoms with Gasteiger partial charge in [0.25, 0.3) is 5.69 Å². The van der Waals surface area contributed by atoms with Crippen molar-refractivity contribution >= 4 is 17.6 Å². The lowest BCUT2D eigenvalue weighted by atomic mass is 10.1. The molecule has 0 bridgehead atoms. The van der Waals surface area contributed by atoms with E-state index in [1.807, 2.05) is 0 Å². The number of hydrogen-bond acceptors (Lipinski definition) is 4. The van der Waals surface area contributed by atoms with Gasteiger partial charge in [0.1, 0.15) is 12.0 Å². The molecule has 0 unspecified atom stereocenters. The molecule has 92 valence electrons. The summed E-state index contributed by atoms with van der Waals surface area (Å²) in [6.07, 6.45) is -0.389. The Morgan fingerprint density at radius 3 is 2.50 bits per heavy atom. The molecule has 7 nitrogen and oxygen atoms in total. The van der Waals surface area contributed by atoms with Gasteiger partial charge in [-0.15, -0.1) is 0 Å². The van der Waals surface area contributed by atoms with E-state index in [2.05, 4.69) is 11.8 Å². The van der Waals surface area contributed by atoms with Crippen molar-refractivity contribution in [3.8, 4) is 11.8 Å². The van der Waals surface area contributed by atoms with E-state index in [0.717, 1.165) is 12.1 Å². The van der Waals surface area contributed by atoms with E-state index >= 15 is 0 Å². The van der Waals surface area contributed by atoms with Crippen LogP contribution in [0.15, 0.2) is 18.2 Å². The average molecular weight is 249 g/mol. The smallest absolute Gasteiger partial charge is 0.342 e. The Kier molecular flexibility index (Phi) is 3.99. The van der Waals surface area contributed by atoms with Crippen molar-refractivity contribution in [1.29, 1.82) is 0 Å². The zero-order chi connectivity index (χ0) is 13.7. The quantitative estimate of drug-likeness (QED) is 0.470. The second-order valence-corrected chi connectivity index (χ2v) is 3.17. The predicted molar refractivity (Wildman–Crippen MR) is 59.2 cm³/mol. The van der Waals surface area contributed by atoms with Gasteiger partial charge in [-0.25, -0.2) is 4.79 Å². The number of rotatable bonds is 3. The van der Waals surface area contributed by atoms with Crippen molar-refractivity contribution in [2.45, 2.75) is 6.42 Å². The van der Waals surface area contributed by atoms with Crippen LogP contribution in [0.25, 0.3) is 0 Å². The number of benzene rings is 1. The van der Waals surface area contributed by atoms with Crippen LogP contribution < -0.4 is 0 Å². The van der Waals surface area contributed by atoms with Crippen molar-refractivity contribution in [1.82, 2.24) is 0 Å². The molecule has 0 aliphatic heterocycles. The summed E-state index contributed by atoms with van der Waals surface area (Å²) in [5.41, 5.74) is -0.812. The molecular weight excluding hydrogens is 242 g/mol. The molecule has 0 spiro atoms. The van der Waals surface area contributed by atoms with Gasteiger partial charge < -0.3 is 10.2 Å². The molecule has 0 fully saturated rings. The van der Waals surface area contributed by atoms with Crippen LogP contribution in [0.5, 0.6) is 0 Å². The first-order valence-corrected chi connectivity index (χ1v) is 4.64. The van der Waals surface area contributed by atoms with E-state index in [4.69, 9.17) is 10.2 Å². The number of aromatic carboxylic acids is 1. The van der Waals surface area contributed by atoms with E-state index in [0.29, 0.717) is 0 Å². The second kappa shape index (κ2) is 5.45. The van der Waals surface area contributed by atoms with Gasteiger partial charge in [0, 0.05) is 11.6 Å². The molecule has 0 radical (unpaired) electrons. The van der Waals surface area contributed by atoms with Gasteiger partial charge in [-0.2, -0.15) is 0 Å². The van der Waals surface area contributed by atoms with E-state index in [-0.39, 0.29) is 12.0 Å². The molecule has 1 aromatic rings. The Morgan fingerprint density at radius 2 is 2.00 bits per heavy atom. The summed E-state index contributed by atoms with van der Waals surface area (Å²) >= 11 is 0. The largest absolute Gasteiger partial charge is 0.481 e. The molecule has 0 saturated heterocycles. The summed E-state index contributed by atoms with van der Waals surface area (Å²) < 4.78 is 0. The lowest BCUT2D eigenvalue weighted by Gasteiger charge is -1.98. The minimum Gasteiger partial charge on any atom is -0.481 e. The molecule has 18 heavy (non-hydrogen) atoms. The lowest BCUT2D eigenvalue weighted by Crippen LogP contribution is -2.03. The highest BCUT2D eigenvalue weighted by Gasteiger charge is 2.19. The number of carboxylic acid groups (broad SMARTS) is 2. The van der Waals surface area contributed by atoms with Crippen LogP contribution in [0.2, 0.25) is 0 Å². The summed E-state index contributed by atoms with van der Waals surface area (Å²) in [7, 11) is 0. The van der Waals surface area contributed by atoms with Crippen molar-refractivity contribution < 1.29 is 24.7 Å². The van der Waals surface area contributed by atoms with Crippen LogP contribution in [0.4, 0.5) is 5.69 Å². The fraction of sp³-hybridized carbons (Fsp3) is 0.0909. The van der Waals surface area contributed by atoms with Crippen molar-refractivity contribution in [3.63, 3.8) is 0 Å². The highest BCUT2D eigenvalue weighted by atomic mass is 16.6. The second-order valence-electron chi connectivity index (χ2n) is 3.17. The van der Waals surface area contributed by atoms with Crippen molar-refractivity contribution in [3.05, 3.63) is 39.4 Å². The molecule has 1 rings (SSSR count). The number of carboxylic acids is 2. The van der Waals surface area contributed by atoms with Gasteiger partial charge in [-0.05, 0) is 12.1 Å². The fourth-order valence-corrected chi connectivity index (χ4v) is 1.17. The van der Waals surface area contributed by atoms with Gasteiger partial charge in [-0.3, -0.25) is 14.9 Å². The highest BCUT2D eigenvalue weighted by Crippen LogP contribution is 2.19. The summed E-state index contributed by atoms with van der Waals surface area (Å²) in [4.78, 5) is 30.8. The average Bonchev–Trinajstić information content (AvgIpc) is 2.28. The number of nitrogens with zero attached hydrogens (tertiary/aromatic N) is 1. The molecule has 0 saturated carbocycles. The first-order valence-electron chi connectivity index (χ1n) is 4.64. The molecule has 0 aromatic heterocycles. The minimum atomic E-state index is -1.44. The maximum absolute atomic E-state index is 10.8. The third kappa shape index (κ3) is 3.31. The van der Waals surface area contributed by atoms with Gasteiger partial charge in [0.15, 0.2) is 0 Å². The first kappa shape index (κ1) is 13.2. The van der Waals surface area contributed by atoms with E-state index in [1.54, 1.807) is 0 Å². The van der Waals surface area contributed by atoms with Gasteiger partial charge in [0.2, 0.25) is 0 Å². The Hall–Kier alpha value is -2.88. The monoisotopic (exact) mass is 249 g/mol. The van der Waals surface area contributed by atoms with E-state index in [9.17, 15) is 19.7 Å². The number of aliphatic carboxylic acids is 1. The molecule has 0 amide bonds. The van der Waals surface area contributed by atoms with Crippen LogP contribution in [-0.4, -0.2) is 27.1 Å². The fourth-order valence-electron chi connectivity index (χ4n) is 1.17. The standard InChI is InChI=1S/C11H7NO6/c13-10(14)3-1-2-7-4-5-9(12(17)18)8(6-7)11(15)16/h4-6H,3H2,(H,13,14)(H,15,16). The Labute approximate surface area is 101 Å². The minimum absolute atomic E-state index is 0.208. The molecule has 0 heterocycles. The summed E-state index contributed by atoms with van der Waals surface area (Å²) in [5, 5.41) is 27.7. The molecule has 0 aliphatic rings. The summed E-state index contributed by atoms with van der Waals surface area (Å²) in [5.74, 6) is 2.17. The third-order valence-electron chi connectivity index (χ3n) is 1.90. The summed E-state index contributed by atoms with van der Waals surface area (Å²) in [6.45, 7) is 0. The molecule has 0 atom stereocenters. The van der Waals surface area contributed by atoms with E-state index < -0.39 is 28.1 Å². The predicted octanol–water partition coefficient (Wildman–Crippen LogP) is 1.12. The number of carbonyl (C=O) groups is 2. The first-order chi connectivity index (χ1) is 8.41. The van der Waals surface area contributed by atoms with Crippen molar-refractivity contribution in [2.24, 2.45) is 0 Å². The van der Waals surface area contributed by atoms with Crippen LogP contribution in [0.1, 0.15) is 22.3 Å². The molecular formula is C11H7NO6. The van der Waals surface area contributed by atoms with Gasteiger partial charge in [0.05, 0.1) is 4.92 Å². The maximum atomic E-state index is 10.8. The number of nitro benzene ring substituents is 1. The van der Waals surface area contributed by atoms with Gasteiger partial charge in [-0.1, -0.05) is 11.8 Å². The SMILES string of the molecule is O=C(O)CC#Cc1ccc([N+](=O)[O-])c(C(=O)O)c1. The molecule has 7 heteroatoms. The molecule has 2 N–H and O–H groups in total. The van der Waals surface area contributed by atoms with Crippen molar-refractivity contribution in [2.75, 3.05) is 0 Å². The van der Waals surface area contributed by atoms with Crippen LogP contribution in [-0.2, 0) is 4.79 Å². The zero-order valence-electron chi connectivity index (χ0n) is 8.91. The highest BCUT2D eigenvalue weighted by molar-refractivity contribution is 5.92. The molecule has 1 aromatic carbocycles. The Morgan fingerprint density at radius 1 is 1.33 bits per heavy atom. The maximum Gasteiger partial charge on any atom is 0.342 e. The normalized spacial score (nSPS) is 9.11. The summed E-state index contributed by atoms with van der Waals surface area (Å²) in [6, 6.07) is 3.32. The lowest BCUT2D eigenvalue weighted by molar-refractivity contribution is -0.385. The van der Waals surface area contributed by atoms with E-state index in [1.165, 1.54) is 6.07 Å². The van der Waals surface area contributed by atoms with Crippen LogP contribution in [0.3, 0.4) is 0 Å². The number of nitro groups is 1. The zero-order valence-corrected chi connectivity index (χ0v) is 8.91. The van der Waals surface area contributed by atoms with Crippen LogP contribution in [0, 0.1) is 22.0 Å². The van der Waals surface area contributed by atoms with Crippen LogP contribution >= 0.6 is 0 Å². The third-order valence-corrected chi connectivity index (χ3v) is 1.90. The topological polar surface area (TPSA) is 118 Å². The Bertz CT molecular complexity index is 581.